The summed E-state index contributed by atoms with van der Waals surface area (Å²) in [5, 5.41) is 27.3. The van der Waals surface area contributed by atoms with Crippen LogP contribution in [0.2, 0.25) is 5.02 Å². The summed E-state index contributed by atoms with van der Waals surface area (Å²) in [6, 6.07) is 12.3. The molecule has 0 aromatic heterocycles. The van der Waals surface area contributed by atoms with Crippen molar-refractivity contribution in [3.05, 3.63) is 58.1 Å². The Morgan fingerprint density at radius 1 is 1.32 bits per heavy atom. The molecule has 0 saturated heterocycles. The minimum Gasteiger partial charge on any atom is -0.497 e. The van der Waals surface area contributed by atoms with Crippen molar-refractivity contribution in [3.8, 4) is 11.8 Å². The lowest BCUT2D eigenvalue weighted by molar-refractivity contribution is 0.0797. The number of nitrogens with one attached hydrogen (secondary N) is 2. The first-order valence-electron chi connectivity index (χ1n) is 8.72. The number of ether oxygens (including phenoxy) is 2. The van der Waals surface area contributed by atoms with Gasteiger partial charge in [-0.2, -0.15) is 5.26 Å². The van der Waals surface area contributed by atoms with Crippen LogP contribution in [0.3, 0.4) is 0 Å². The Labute approximate surface area is 168 Å². The number of aliphatic hydroxyl groups is 1. The van der Waals surface area contributed by atoms with E-state index in [0.29, 0.717) is 22.2 Å². The first-order chi connectivity index (χ1) is 13.4. The van der Waals surface area contributed by atoms with Crippen molar-refractivity contribution in [2.75, 3.05) is 12.4 Å². The maximum atomic E-state index is 10.3. The van der Waals surface area contributed by atoms with E-state index < -0.39 is 18.4 Å². The third kappa shape index (κ3) is 3.98. The molecule has 8 heteroatoms. The lowest BCUT2D eigenvalue weighted by Gasteiger charge is -2.28. The van der Waals surface area contributed by atoms with Crippen LogP contribution in [-0.4, -0.2) is 36.5 Å². The highest BCUT2D eigenvalue weighted by atomic mass is 35.5. The van der Waals surface area contributed by atoms with Crippen LogP contribution in [0.4, 0.5) is 5.69 Å². The van der Waals surface area contributed by atoms with Crippen LogP contribution in [0.25, 0.3) is 0 Å². The van der Waals surface area contributed by atoms with Crippen LogP contribution in [0, 0.1) is 18.3 Å². The zero-order chi connectivity index (χ0) is 20.3. The van der Waals surface area contributed by atoms with Gasteiger partial charge in [0, 0.05) is 11.3 Å². The quantitative estimate of drug-likeness (QED) is 0.689. The van der Waals surface area contributed by atoms with E-state index in [1.807, 2.05) is 31.2 Å². The second kappa shape index (κ2) is 8.38. The molecule has 0 fully saturated rings. The first-order valence-corrected chi connectivity index (χ1v) is 9.10. The fourth-order valence-corrected chi connectivity index (χ4v) is 3.08. The molecule has 146 valence electrons. The van der Waals surface area contributed by atoms with E-state index in [0.717, 1.165) is 16.9 Å². The van der Waals surface area contributed by atoms with Gasteiger partial charge in [-0.15, -0.1) is 5.10 Å². The summed E-state index contributed by atoms with van der Waals surface area (Å²) in [5.41, 5.74) is 5.54. The van der Waals surface area contributed by atoms with Gasteiger partial charge in [-0.1, -0.05) is 11.6 Å². The van der Waals surface area contributed by atoms with Crippen LogP contribution in [0.15, 0.2) is 41.5 Å². The molecule has 3 atom stereocenters. The zero-order valence-corrected chi connectivity index (χ0v) is 16.5. The third-order valence-corrected chi connectivity index (χ3v) is 5.03. The monoisotopic (exact) mass is 400 g/mol. The Morgan fingerprint density at radius 3 is 2.64 bits per heavy atom. The molecule has 0 aliphatic carbocycles. The minimum atomic E-state index is -0.753. The summed E-state index contributed by atoms with van der Waals surface area (Å²) >= 11 is 6.24. The van der Waals surface area contributed by atoms with Gasteiger partial charge in [0.25, 0.3) is 0 Å². The summed E-state index contributed by atoms with van der Waals surface area (Å²) in [4.78, 5) is 0. The number of nitriles is 1. The van der Waals surface area contributed by atoms with Crippen molar-refractivity contribution in [1.82, 2.24) is 5.43 Å². The molecular formula is C20H21ClN4O3. The molecule has 0 radical (unpaired) electrons. The van der Waals surface area contributed by atoms with Crippen molar-refractivity contribution in [2.45, 2.75) is 32.2 Å². The highest BCUT2D eigenvalue weighted by Crippen LogP contribution is 2.28. The Balaban J connectivity index is 1.76. The van der Waals surface area contributed by atoms with Crippen molar-refractivity contribution < 1.29 is 14.6 Å². The van der Waals surface area contributed by atoms with Gasteiger partial charge >= 0.3 is 0 Å². The molecule has 7 nitrogen and oxygen atoms in total. The lowest BCUT2D eigenvalue weighted by atomic mass is 10.1. The molecular weight excluding hydrogens is 380 g/mol. The number of nitrogens with zero attached hydrogens (tertiary/aromatic N) is 2. The van der Waals surface area contributed by atoms with E-state index in [9.17, 15) is 5.11 Å². The molecule has 0 spiro atoms. The molecule has 28 heavy (non-hydrogen) atoms. The van der Waals surface area contributed by atoms with Crippen LogP contribution in [0.1, 0.15) is 23.6 Å². The number of anilines is 1. The van der Waals surface area contributed by atoms with Gasteiger partial charge in [0.15, 0.2) is 0 Å². The number of hydrogen-bond acceptors (Lipinski definition) is 7. The Kier molecular flexibility index (Phi) is 5.93. The van der Waals surface area contributed by atoms with Crippen molar-refractivity contribution >= 4 is 23.2 Å². The minimum absolute atomic E-state index is 0.382. The van der Waals surface area contributed by atoms with E-state index in [4.69, 9.17) is 26.3 Å². The summed E-state index contributed by atoms with van der Waals surface area (Å²) in [6.45, 7) is 3.47. The molecule has 3 N–H and O–H groups in total. The van der Waals surface area contributed by atoms with Gasteiger partial charge in [-0.05, 0) is 55.8 Å². The van der Waals surface area contributed by atoms with Crippen LogP contribution in [0.5, 0.6) is 5.75 Å². The van der Waals surface area contributed by atoms with Gasteiger partial charge < -0.3 is 19.9 Å². The number of hydrogen-bond donors (Lipinski definition) is 3. The number of rotatable bonds is 6. The number of benzene rings is 2. The summed E-state index contributed by atoms with van der Waals surface area (Å²) in [5.74, 6) is 1.17. The molecule has 2 aromatic carbocycles. The van der Waals surface area contributed by atoms with E-state index in [-0.39, 0.29) is 0 Å². The highest BCUT2D eigenvalue weighted by Gasteiger charge is 2.33. The highest BCUT2D eigenvalue weighted by molar-refractivity contribution is 6.32. The van der Waals surface area contributed by atoms with Gasteiger partial charge in [0.2, 0.25) is 12.1 Å². The second-order valence-corrected chi connectivity index (χ2v) is 6.81. The van der Waals surface area contributed by atoms with E-state index >= 15 is 0 Å². The Morgan fingerprint density at radius 2 is 2.04 bits per heavy atom. The van der Waals surface area contributed by atoms with Gasteiger partial charge in [-0.25, -0.2) is 0 Å². The summed E-state index contributed by atoms with van der Waals surface area (Å²) < 4.78 is 11.1. The fourth-order valence-electron chi connectivity index (χ4n) is 2.87. The summed E-state index contributed by atoms with van der Waals surface area (Å²) in [7, 11) is 1.60. The third-order valence-electron chi connectivity index (χ3n) is 4.54. The lowest BCUT2D eigenvalue weighted by Crippen LogP contribution is -2.48. The average Bonchev–Trinajstić information content (AvgIpc) is 3.18. The van der Waals surface area contributed by atoms with Gasteiger partial charge in [0.05, 0.1) is 23.8 Å². The largest absolute Gasteiger partial charge is 0.497 e. The van der Waals surface area contributed by atoms with Gasteiger partial charge in [-0.3, -0.25) is 5.43 Å². The standard InChI is InChI=1S/C20H21ClN4O3/c1-11-16(9-6-14(10-22)17(11)21)23-18(12(2)26)20-25-24-19(28-20)13-4-7-15(27-3)8-5-13/h4-9,12,18,20,23,25-26H,1-3H3/t12-,18+,20?/m0/s1. The maximum absolute atomic E-state index is 10.3. The SMILES string of the molecule is COc1ccc(C2=NNC([C@H](Nc3ccc(C#N)c(Cl)c3C)[C@H](C)O)O2)cc1. The maximum Gasteiger partial charge on any atom is 0.240 e. The van der Waals surface area contributed by atoms with Crippen molar-refractivity contribution in [2.24, 2.45) is 5.10 Å². The molecule has 3 rings (SSSR count). The predicted molar refractivity (Wildman–Crippen MR) is 108 cm³/mol. The summed E-state index contributed by atoms with van der Waals surface area (Å²) in [6.07, 6.45) is -1.34. The molecule has 1 aliphatic rings. The average molecular weight is 401 g/mol. The normalized spacial score (nSPS) is 17.6. The number of halogens is 1. The number of hydrazone groups is 1. The molecule has 1 unspecified atom stereocenters. The number of aliphatic hydroxyl groups excluding tert-OH is 1. The molecule has 0 bridgehead atoms. The number of methoxy groups -OCH3 is 1. The van der Waals surface area contributed by atoms with Crippen molar-refractivity contribution in [3.63, 3.8) is 0 Å². The first kappa shape index (κ1) is 19.8. The van der Waals surface area contributed by atoms with E-state index in [1.54, 1.807) is 26.2 Å². The molecule has 2 aromatic rings. The van der Waals surface area contributed by atoms with E-state index in [1.165, 1.54) is 0 Å². The zero-order valence-electron chi connectivity index (χ0n) is 15.7. The smallest absolute Gasteiger partial charge is 0.240 e. The molecule has 0 saturated carbocycles. The molecule has 1 aliphatic heterocycles. The van der Waals surface area contributed by atoms with Gasteiger partial charge in [0.1, 0.15) is 17.9 Å². The Hall–Kier alpha value is -2.95. The van der Waals surface area contributed by atoms with Crippen LogP contribution in [-0.2, 0) is 4.74 Å². The van der Waals surface area contributed by atoms with Crippen molar-refractivity contribution in [1.29, 1.82) is 5.26 Å². The topological polar surface area (TPSA) is 98.9 Å². The van der Waals surface area contributed by atoms with Crippen LogP contribution < -0.4 is 15.5 Å². The fraction of sp³-hybridized carbons (Fsp3) is 0.300. The second-order valence-electron chi connectivity index (χ2n) is 6.44. The Bertz CT molecular complexity index is 922. The molecule has 1 heterocycles. The van der Waals surface area contributed by atoms with Crippen LogP contribution >= 0.6 is 11.6 Å². The van der Waals surface area contributed by atoms with E-state index in [2.05, 4.69) is 21.9 Å². The predicted octanol–water partition coefficient (Wildman–Crippen LogP) is 3.00. The molecule has 0 amide bonds.